The van der Waals surface area contributed by atoms with Crippen molar-refractivity contribution in [3.63, 3.8) is 0 Å². The van der Waals surface area contributed by atoms with Gasteiger partial charge in [-0.2, -0.15) is 0 Å². The van der Waals surface area contributed by atoms with Crippen LogP contribution in [0.15, 0.2) is 54.6 Å². The van der Waals surface area contributed by atoms with E-state index >= 15 is 0 Å². The Labute approximate surface area is 282 Å². The first kappa shape index (κ1) is 37.5. The summed E-state index contributed by atoms with van der Waals surface area (Å²) in [5.41, 5.74) is 7.01. The maximum atomic E-state index is 6.82. The third-order valence-electron chi connectivity index (χ3n) is 8.16. The van der Waals surface area contributed by atoms with Gasteiger partial charge in [-0.05, 0) is 88.2 Å². The Morgan fingerprint density at radius 1 is 0.413 bits per heavy atom. The van der Waals surface area contributed by atoms with Crippen molar-refractivity contribution in [1.82, 2.24) is 0 Å². The van der Waals surface area contributed by atoms with Crippen molar-refractivity contribution >= 4 is 0 Å². The number of hydrogen-bond donors (Lipinski definition) is 0. The van der Waals surface area contributed by atoms with Crippen molar-refractivity contribution < 1.29 is 14.2 Å². The summed E-state index contributed by atoms with van der Waals surface area (Å²) in [4.78, 5) is 0. The van der Waals surface area contributed by atoms with Gasteiger partial charge in [-0.25, -0.2) is 0 Å². The minimum atomic E-state index is -0.994. The van der Waals surface area contributed by atoms with Crippen LogP contribution in [0.1, 0.15) is 137 Å². The predicted molar refractivity (Wildman–Crippen MR) is 197 cm³/mol. The molecule has 3 rings (SSSR count). The van der Waals surface area contributed by atoms with Crippen LogP contribution >= 0.6 is 0 Å². The minimum absolute atomic E-state index is 0.128. The van der Waals surface area contributed by atoms with E-state index in [2.05, 4.69) is 158 Å². The van der Waals surface area contributed by atoms with Gasteiger partial charge >= 0.3 is 6.48 Å². The lowest BCUT2D eigenvalue weighted by Gasteiger charge is -2.31. The molecule has 0 aliphatic rings. The highest BCUT2D eigenvalue weighted by atomic mass is 16.8. The molecule has 0 bridgehead atoms. The molecule has 0 saturated heterocycles. The molecule has 0 heterocycles. The predicted octanol–water partition coefficient (Wildman–Crippen LogP) is 12.0. The summed E-state index contributed by atoms with van der Waals surface area (Å²) in [6, 6.07) is 19.8. The Morgan fingerprint density at radius 3 is 0.848 bits per heavy atom. The SMILES string of the molecule is CC(C)Cc1ccc(OC(Oc2ccc(CC(C)C)cc2C(C)(C)C)Oc2ccc(CC(C)C)cc2C(C)(C)C)c(C(C)(C)C)c1. The van der Waals surface area contributed by atoms with E-state index in [0.717, 1.165) is 53.2 Å². The number of ether oxygens (including phenoxy) is 3. The van der Waals surface area contributed by atoms with Gasteiger partial charge in [0.25, 0.3) is 0 Å². The first-order valence-electron chi connectivity index (χ1n) is 17.5. The van der Waals surface area contributed by atoms with E-state index in [1.54, 1.807) is 0 Å². The summed E-state index contributed by atoms with van der Waals surface area (Å²) in [6.07, 6.45) is 3.07. The van der Waals surface area contributed by atoms with Gasteiger partial charge in [0.15, 0.2) is 0 Å². The van der Waals surface area contributed by atoms with Gasteiger partial charge in [0.05, 0.1) is 0 Å². The van der Waals surface area contributed by atoms with E-state index in [9.17, 15) is 0 Å². The van der Waals surface area contributed by atoms with Gasteiger partial charge in [-0.1, -0.05) is 140 Å². The van der Waals surface area contributed by atoms with E-state index < -0.39 is 6.48 Å². The summed E-state index contributed by atoms with van der Waals surface area (Å²) in [5.74, 6) is 4.07. The molecule has 3 heteroatoms. The topological polar surface area (TPSA) is 27.7 Å². The van der Waals surface area contributed by atoms with Crippen LogP contribution in [0.4, 0.5) is 0 Å². The monoisotopic (exact) mass is 628 g/mol. The highest BCUT2D eigenvalue weighted by Crippen LogP contribution is 2.38. The number of benzene rings is 3. The van der Waals surface area contributed by atoms with Crippen LogP contribution < -0.4 is 14.2 Å². The van der Waals surface area contributed by atoms with E-state index in [4.69, 9.17) is 14.2 Å². The fourth-order valence-electron chi connectivity index (χ4n) is 5.98. The quantitative estimate of drug-likeness (QED) is 0.187. The van der Waals surface area contributed by atoms with Crippen molar-refractivity contribution in [3.05, 3.63) is 88.0 Å². The van der Waals surface area contributed by atoms with Gasteiger partial charge in [-0.3, -0.25) is 0 Å². The second kappa shape index (κ2) is 14.9. The van der Waals surface area contributed by atoms with Crippen LogP contribution in [-0.4, -0.2) is 6.48 Å². The molecule has 254 valence electrons. The smallest absolute Gasteiger partial charge is 0.406 e. The van der Waals surface area contributed by atoms with E-state index in [1.807, 2.05) is 0 Å². The van der Waals surface area contributed by atoms with Crippen LogP contribution in [0.5, 0.6) is 17.2 Å². The van der Waals surface area contributed by atoms with Crippen LogP contribution in [0.25, 0.3) is 0 Å². The van der Waals surface area contributed by atoms with E-state index in [1.165, 1.54) is 16.7 Å². The first-order valence-corrected chi connectivity index (χ1v) is 17.5. The maximum Gasteiger partial charge on any atom is 0.406 e. The second-order valence-corrected chi connectivity index (χ2v) is 17.7. The fourth-order valence-corrected chi connectivity index (χ4v) is 5.98. The van der Waals surface area contributed by atoms with Crippen molar-refractivity contribution in [2.45, 2.75) is 146 Å². The van der Waals surface area contributed by atoms with Crippen molar-refractivity contribution in [1.29, 1.82) is 0 Å². The van der Waals surface area contributed by atoms with Crippen LogP contribution in [0.3, 0.4) is 0 Å². The lowest BCUT2D eigenvalue weighted by atomic mass is 9.84. The lowest BCUT2D eigenvalue weighted by molar-refractivity contribution is -0.142. The molecule has 0 radical (unpaired) electrons. The van der Waals surface area contributed by atoms with Crippen molar-refractivity contribution in [2.24, 2.45) is 17.8 Å². The number of rotatable bonds is 12. The average molecular weight is 629 g/mol. The molecular formula is C43H64O3. The molecule has 0 N–H and O–H groups in total. The normalized spacial score (nSPS) is 12.8. The molecular weight excluding hydrogens is 564 g/mol. The Hall–Kier alpha value is -2.94. The minimum Gasteiger partial charge on any atom is -0.423 e. The molecule has 0 amide bonds. The average Bonchev–Trinajstić information content (AvgIpc) is 2.88. The molecule has 3 aromatic rings. The third-order valence-corrected chi connectivity index (χ3v) is 8.16. The number of hydrogen-bond acceptors (Lipinski definition) is 3. The Balaban J connectivity index is 2.16. The molecule has 3 nitrogen and oxygen atoms in total. The van der Waals surface area contributed by atoms with E-state index in [-0.39, 0.29) is 16.2 Å². The van der Waals surface area contributed by atoms with Gasteiger partial charge < -0.3 is 14.2 Å². The maximum absolute atomic E-state index is 6.82. The lowest BCUT2D eigenvalue weighted by Crippen LogP contribution is -2.33. The van der Waals surface area contributed by atoms with Gasteiger partial charge in [0, 0.05) is 16.7 Å². The fraction of sp³-hybridized carbons (Fsp3) is 0.581. The van der Waals surface area contributed by atoms with Crippen LogP contribution in [0.2, 0.25) is 0 Å². The van der Waals surface area contributed by atoms with Crippen LogP contribution in [-0.2, 0) is 35.5 Å². The highest BCUT2D eigenvalue weighted by Gasteiger charge is 2.29. The standard InChI is InChI=1S/C43H64O3/c1-28(2)22-31-16-19-37(34(25-31)41(7,8)9)44-40(45-38-20-17-32(23-29(3)4)26-35(38)42(10,11)12)46-39-21-18-33(24-30(5)6)27-36(39)43(13,14)15/h16-21,25-30,40H,22-24H2,1-15H3. The summed E-state index contributed by atoms with van der Waals surface area (Å²) in [5, 5.41) is 0. The zero-order chi connectivity index (χ0) is 34.6. The molecule has 0 atom stereocenters. The first-order chi connectivity index (χ1) is 21.1. The zero-order valence-electron chi connectivity index (χ0n) is 31.9. The molecule has 0 unspecified atom stereocenters. The summed E-state index contributed by atoms with van der Waals surface area (Å²) in [7, 11) is 0. The molecule has 0 saturated carbocycles. The summed E-state index contributed by atoms with van der Waals surface area (Å²) >= 11 is 0. The Bertz CT molecular complexity index is 1250. The summed E-state index contributed by atoms with van der Waals surface area (Å²) < 4.78 is 20.5. The Morgan fingerprint density at radius 2 is 0.652 bits per heavy atom. The molecule has 0 aliphatic carbocycles. The second-order valence-electron chi connectivity index (χ2n) is 17.7. The molecule has 0 fully saturated rings. The largest absolute Gasteiger partial charge is 0.423 e. The van der Waals surface area contributed by atoms with Crippen LogP contribution in [0, 0.1) is 17.8 Å². The molecule has 0 aliphatic heterocycles. The molecule has 0 aromatic heterocycles. The summed E-state index contributed by atoms with van der Waals surface area (Å²) in [6.45, 7) is 32.7. The molecule has 46 heavy (non-hydrogen) atoms. The van der Waals surface area contributed by atoms with Crippen molar-refractivity contribution in [3.8, 4) is 17.2 Å². The van der Waals surface area contributed by atoms with Gasteiger partial charge in [0.2, 0.25) is 0 Å². The zero-order valence-corrected chi connectivity index (χ0v) is 31.9. The highest BCUT2D eigenvalue weighted by molar-refractivity contribution is 5.45. The third kappa shape index (κ3) is 10.8. The molecule has 3 aromatic carbocycles. The molecule has 0 spiro atoms. The van der Waals surface area contributed by atoms with Gasteiger partial charge in [0.1, 0.15) is 17.2 Å². The van der Waals surface area contributed by atoms with Gasteiger partial charge in [-0.15, -0.1) is 0 Å². The Kier molecular flexibility index (Phi) is 12.1. The van der Waals surface area contributed by atoms with Crippen molar-refractivity contribution in [2.75, 3.05) is 0 Å². The van der Waals surface area contributed by atoms with E-state index in [0.29, 0.717) is 17.8 Å².